The van der Waals surface area contributed by atoms with Crippen LogP contribution < -0.4 is 4.74 Å². The minimum Gasteiger partial charge on any atom is -0.403 e. The lowest BCUT2D eigenvalue weighted by Crippen LogP contribution is -2.51. The molecule has 1 fully saturated rings. The van der Waals surface area contributed by atoms with Crippen LogP contribution in [0.3, 0.4) is 0 Å². The maximum Gasteiger partial charge on any atom is 0.573 e. The van der Waals surface area contributed by atoms with Gasteiger partial charge in [-0.2, -0.15) is 5.10 Å². The summed E-state index contributed by atoms with van der Waals surface area (Å²) in [5.41, 5.74) is 2.06. The van der Waals surface area contributed by atoms with E-state index in [1.54, 1.807) is 18.1 Å². The number of hydrogen-bond acceptors (Lipinski definition) is 6. The van der Waals surface area contributed by atoms with Crippen LogP contribution in [0.5, 0.6) is 5.75 Å². The van der Waals surface area contributed by atoms with Gasteiger partial charge in [0.1, 0.15) is 0 Å². The number of likely N-dealkylation sites (N-methyl/N-ethyl adjacent to an activating group) is 1. The van der Waals surface area contributed by atoms with Crippen molar-refractivity contribution in [2.24, 2.45) is 10.1 Å². The van der Waals surface area contributed by atoms with Crippen molar-refractivity contribution in [2.45, 2.75) is 33.6 Å². The van der Waals surface area contributed by atoms with E-state index in [1.165, 1.54) is 0 Å². The molecule has 0 aliphatic carbocycles. The van der Waals surface area contributed by atoms with E-state index in [-0.39, 0.29) is 5.69 Å². The molecule has 0 atom stereocenters. The number of piperazine rings is 1. The highest BCUT2D eigenvalue weighted by molar-refractivity contribution is 5.98. The van der Waals surface area contributed by atoms with Gasteiger partial charge in [-0.3, -0.25) is 0 Å². The lowest BCUT2D eigenvalue weighted by atomic mass is 10.0. The molecule has 164 valence electrons. The molecular weight excluding hydrogens is 402 g/mol. The number of allylic oxidation sites excluding steroid dienone is 1. The largest absolute Gasteiger partial charge is 0.573 e. The molecule has 0 saturated carbocycles. The first-order valence-corrected chi connectivity index (χ1v) is 9.75. The number of benzene rings is 1. The molecule has 0 amide bonds. The molecule has 1 aromatic carbocycles. The smallest absolute Gasteiger partial charge is 0.403 e. The summed E-state index contributed by atoms with van der Waals surface area (Å²) in [5, 5.41) is 6.07. The lowest BCUT2D eigenvalue weighted by molar-refractivity contribution is -0.275. The van der Waals surface area contributed by atoms with Crippen LogP contribution in [0.15, 0.2) is 27.8 Å². The van der Waals surface area contributed by atoms with E-state index in [2.05, 4.69) is 24.6 Å². The zero-order valence-electron chi connectivity index (χ0n) is 17.4. The van der Waals surface area contributed by atoms with Gasteiger partial charge in [0.25, 0.3) is 0 Å². The Morgan fingerprint density at radius 1 is 1.23 bits per heavy atom. The number of rotatable bonds is 3. The van der Waals surface area contributed by atoms with Crippen molar-refractivity contribution in [3.63, 3.8) is 0 Å². The first kappa shape index (κ1) is 22.1. The molecule has 0 bridgehead atoms. The third kappa shape index (κ3) is 4.58. The number of nitrogens with zero attached hydrogens (tertiary/aromatic N) is 5. The Balaban J connectivity index is 2.18. The van der Waals surface area contributed by atoms with Gasteiger partial charge < -0.3 is 14.5 Å². The lowest BCUT2D eigenvalue weighted by Gasteiger charge is -2.40. The molecule has 2 aliphatic heterocycles. The van der Waals surface area contributed by atoms with Crippen LogP contribution in [0.25, 0.3) is 5.70 Å². The fraction of sp³-hybridized carbons (Fsp3) is 0.500. The molecule has 10 heteroatoms. The van der Waals surface area contributed by atoms with E-state index in [9.17, 15) is 17.6 Å². The van der Waals surface area contributed by atoms with Crippen LogP contribution in [0.4, 0.5) is 23.2 Å². The average molecular weight is 427 g/mol. The van der Waals surface area contributed by atoms with E-state index < -0.39 is 17.9 Å². The van der Waals surface area contributed by atoms with Crippen LogP contribution in [0, 0.1) is 5.82 Å². The fourth-order valence-electron chi connectivity index (χ4n) is 3.41. The Kier molecular flexibility index (Phi) is 6.35. The summed E-state index contributed by atoms with van der Waals surface area (Å²) in [6.45, 7) is 8.62. The van der Waals surface area contributed by atoms with Crippen molar-refractivity contribution in [3.8, 4) is 5.75 Å². The second kappa shape index (κ2) is 8.63. The average Bonchev–Trinajstić information content (AvgIpc) is 2.68. The third-order valence-corrected chi connectivity index (χ3v) is 5.10. The Morgan fingerprint density at radius 3 is 2.47 bits per heavy atom. The van der Waals surface area contributed by atoms with Crippen LogP contribution in [-0.4, -0.2) is 66.6 Å². The summed E-state index contributed by atoms with van der Waals surface area (Å²) in [7, 11) is 2.03. The molecule has 1 saturated heterocycles. The molecule has 30 heavy (non-hydrogen) atoms. The third-order valence-electron chi connectivity index (χ3n) is 5.10. The maximum atomic E-state index is 14.4. The Bertz CT molecular complexity index is 886. The van der Waals surface area contributed by atoms with Crippen LogP contribution >= 0.6 is 0 Å². The van der Waals surface area contributed by atoms with Crippen molar-refractivity contribution in [3.05, 3.63) is 29.1 Å². The minimum absolute atomic E-state index is 0.251. The zero-order valence-corrected chi connectivity index (χ0v) is 17.4. The highest BCUT2D eigenvalue weighted by Crippen LogP contribution is 2.42. The topological polar surface area (TPSA) is 43.7 Å². The molecule has 3 rings (SSSR count). The van der Waals surface area contributed by atoms with Crippen molar-refractivity contribution in [1.82, 2.24) is 14.8 Å². The normalized spacial score (nSPS) is 19.8. The van der Waals surface area contributed by atoms with Gasteiger partial charge in [-0.1, -0.05) is 6.92 Å². The number of hydrogen-bond donors (Lipinski definition) is 0. The number of hydrazone groups is 1. The molecule has 0 spiro atoms. The summed E-state index contributed by atoms with van der Waals surface area (Å²) < 4.78 is 56.5. The van der Waals surface area contributed by atoms with E-state index >= 15 is 0 Å². The second-order valence-electron chi connectivity index (χ2n) is 7.22. The predicted octanol–water partition coefficient (Wildman–Crippen LogP) is 4.42. The highest BCUT2D eigenvalue weighted by atomic mass is 19.4. The van der Waals surface area contributed by atoms with Gasteiger partial charge >= 0.3 is 6.36 Å². The molecule has 0 N–H and O–H groups in total. The first-order valence-electron chi connectivity index (χ1n) is 9.75. The maximum absolute atomic E-state index is 14.4. The van der Waals surface area contributed by atoms with Gasteiger partial charge in [-0.25, -0.2) is 14.4 Å². The standard InChI is InChI=1S/C20H25F4N5O/c1-5-13(3)18-14-11-17(30-20(22,23)24)15(21)12-16(14)26-19(29(18)25-6-2)28-9-7-27(4)8-10-28/h6,11-12H,5,7-10H2,1-4H3. The Hall–Kier alpha value is -2.62. The quantitative estimate of drug-likeness (QED) is 0.529. The Labute approximate surface area is 173 Å². The van der Waals surface area contributed by atoms with E-state index in [0.29, 0.717) is 36.7 Å². The van der Waals surface area contributed by atoms with Crippen LogP contribution in [-0.2, 0) is 0 Å². The second-order valence-corrected chi connectivity index (χ2v) is 7.22. The molecule has 2 aliphatic rings. The zero-order chi connectivity index (χ0) is 22.1. The number of halogens is 4. The van der Waals surface area contributed by atoms with Crippen molar-refractivity contribution in [1.29, 1.82) is 0 Å². The molecule has 1 aromatic rings. The number of guanidine groups is 1. The number of alkyl halides is 3. The summed E-state index contributed by atoms with van der Waals surface area (Å²) in [4.78, 5) is 8.83. The summed E-state index contributed by atoms with van der Waals surface area (Å²) >= 11 is 0. The summed E-state index contributed by atoms with van der Waals surface area (Å²) in [6, 6.07) is 2.04. The minimum atomic E-state index is -5.00. The first-order chi connectivity index (χ1) is 14.1. The number of aliphatic imine (C=N–C) groups is 1. The molecule has 2 heterocycles. The van der Waals surface area contributed by atoms with E-state index in [4.69, 9.17) is 0 Å². The van der Waals surface area contributed by atoms with Gasteiger partial charge in [0, 0.05) is 44.0 Å². The summed E-state index contributed by atoms with van der Waals surface area (Å²) in [5.74, 6) is -1.48. The van der Waals surface area contributed by atoms with Crippen LogP contribution in [0.1, 0.15) is 32.8 Å². The van der Waals surface area contributed by atoms with Crippen molar-refractivity contribution >= 4 is 23.6 Å². The van der Waals surface area contributed by atoms with E-state index in [1.807, 2.05) is 20.9 Å². The van der Waals surface area contributed by atoms with Gasteiger partial charge in [0.15, 0.2) is 11.6 Å². The predicted molar refractivity (Wildman–Crippen MR) is 108 cm³/mol. The fourth-order valence-corrected chi connectivity index (χ4v) is 3.41. The van der Waals surface area contributed by atoms with Crippen LogP contribution in [0.2, 0.25) is 0 Å². The monoisotopic (exact) mass is 427 g/mol. The molecule has 0 radical (unpaired) electrons. The molecular formula is C20H25F4N5O. The number of ether oxygens (including phenoxy) is 1. The molecule has 0 aromatic heterocycles. The molecule has 6 nitrogen and oxygen atoms in total. The Morgan fingerprint density at radius 2 is 1.90 bits per heavy atom. The van der Waals surface area contributed by atoms with Crippen molar-refractivity contribution < 1.29 is 22.3 Å². The summed E-state index contributed by atoms with van der Waals surface area (Å²) in [6.07, 6.45) is -2.77. The number of fused-ring (bicyclic) bond motifs is 1. The van der Waals surface area contributed by atoms with Crippen molar-refractivity contribution in [2.75, 3.05) is 33.2 Å². The van der Waals surface area contributed by atoms with Gasteiger partial charge in [-0.05, 0) is 39.0 Å². The van der Waals surface area contributed by atoms with Gasteiger partial charge in [0.2, 0.25) is 5.96 Å². The SMILES string of the molecule is CC=NN1C(N2CCN(C)CC2)=Nc2cc(F)c(OC(F)(F)F)cc2C1=C(C)CC. The molecule has 0 unspecified atom stereocenters. The van der Waals surface area contributed by atoms with Gasteiger partial charge in [-0.15, -0.1) is 13.2 Å². The van der Waals surface area contributed by atoms with E-state index in [0.717, 1.165) is 30.8 Å². The highest BCUT2D eigenvalue weighted by Gasteiger charge is 2.36. The van der Waals surface area contributed by atoms with Gasteiger partial charge in [0.05, 0.1) is 11.4 Å².